The van der Waals surface area contributed by atoms with Crippen LogP contribution in [0, 0.1) is 0 Å². The predicted molar refractivity (Wildman–Crippen MR) is 53.4 cm³/mol. The summed E-state index contributed by atoms with van der Waals surface area (Å²) in [5, 5.41) is 8.39. The van der Waals surface area contributed by atoms with Crippen molar-refractivity contribution in [3.63, 3.8) is 0 Å². The van der Waals surface area contributed by atoms with Crippen molar-refractivity contribution in [3.05, 3.63) is 35.9 Å². The molecule has 0 saturated carbocycles. The van der Waals surface area contributed by atoms with Crippen molar-refractivity contribution >= 4 is 11.8 Å². The molecule has 0 heterocycles. The first-order chi connectivity index (χ1) is 6.70. The van der Waals surface area contributed by atoms with Crippen molar-refractivity contribution in [1.82, 2.24) is 0 Å². The average molecular weight is 216 g/mol. The molecule has 1 N–H and O–H groups in total. The molecule has 4 heteroatoms. The van der Waals surface area contributed by atoms with E-state index in [4.69, 9.17) is 5.11 Å². The Hall–Kier alpha value is -0.640. The molecule has 3 nitrogen and oxygen atoms in total. The van der Waals surface area contributed by atoms with Crippen molar-refractivity contribution in [2.45, 2.75) is 19.3 Å². The standard InChI is InChI=1S/C11H12O3.Na.H/c12-10(7-4-8-11(13)14)9-5-2-1-3-6-9;;/h1-3,5-6H,4,7-8H2,(H,13,14);;/q;+1;-1. The second-order valence-electron chi connectivity index (χ2n) is 3.04. The van der Waals surface area contributed by atoms with E-state index in [9.17, 15) is 9.59 Å². The Balaban J connectivity index is 0. The van der Waals surface area contributed by atoms with Gasteiger partial charge < -0.3 is 6.53 Å². The molecule has 0 radical (unpaired) electrons. The zero-order valence-electron chi connectivity index (χ0n) is 9.77. The molecule has 0 saturated heterocycles. The molecule has 0 fully saturated rings. The molecule has 0 spiro atoms. The minimum atomic E-state index is -0.856. The normalized spacial score (nSPS) is 9.07. The summed E-state index contributed by atoms with van der Waals surface area (Å²) in [4.78, 5) is 21.6. The molecule has 1 rings (SSSR count). The number of ketones is 1. The topological polar surface area (TPSA) is 54.4 Å². The van der Waals surface area contributed by atoms with Crippen LogP contribution in [0.3, 0.4) is 0 Å². The number of carboxylic acids is 1. The SMILES string of the molecule is O=C(O)CCCC(=O)c1ccccc1.[H-].[Na+]. The van der Waals surface area contributed by atoms with Gasteiger partial charge in [0.2, 0.25) is 0 Å². The van der Waals surface area contributed by atoms with Crippen LogP contribution in [0.5, 0.6) is 0 Å². The van der Waals surface area contributed by atoms with E-state index >= 15 is 0 Å². The number of carbonyl (C=O) groups is 2. The first-order valence-electron chi connectivity index (χ1n) is 4.50. The maximum atomic E-state index is 11.4. The van der Waals surface area contributed by atoms with Crippen LogP contribution < -0.4 is 29.6 Å². The number of carboxylic acid groups (broad SMARTS) is 1. The number of hydrogen-bond acceptors (Lipinski definition) is 2. The van der Waals surface area contributed by atoms with Gasteiger partial charge in [0.1, 0.15) is 0 Å². The molecule has 0 aliphatic heterocycles. The second-order valence-corrected chi connectivity index (χ2v) is 3.04. The van der Waals surface area contributed by atoms with Crippen LogP contribution in [0.2, 0.25) is 0 Å². The molecule has 0 aliphatic rings. The first-order valence-corrected chi connectivity index (χ1v) is 4.50. The first kappa shape index (κ1) is 14.4. The van der Waals surface area contributed by atoms with Gasteiger partial charge in [-0.05, 0) is 6.42 Å². The number of aliphatic carboxylic acids is 1. The van der Waals surface area contributed by atoms with E-state index in [1.165, 1.54) is 0 Å². The summed E-state index contributed by atoms with van der Waals surface area (Å²) in [6.07, 6.45) is 0.762. The van der Waals surface area contributed by atoms with Crippen LogP contribution in [-0.2, 0) is 4.79 Å². The molecule has 1 aromatic carbocycles. The van der Waals surface area contributed by atoms with Crippen LogP contribution in [0.15, 0.2) is 30.3 Å². The molecule has 15 heavy (non-hydrogen) atoms. The monoisotopic (exact) mass is 216 g/mol. The third kappa shape index (κ3) is 5.72. The Morgan fingerprint density at radius 2 is 1.73 bits per heavy atom. The summed E-state index contributed by atoms with van der Waals surface area (Å²) in [6, 6.07) is 8.91. The molecular weight excluding hydrogens is 203 g/mol. The molecular formula is C11H13NaO3. The Kier molecular flexibility index (Phi) is 7.30. The van der Waals surface area contributed by atoms with E-state index < -0.39 is 5.97 Å². The van der Waals surface area contributed by atoms with Crippen LogP contribution in [-0.4, -0.2) is 16.9 Å². The Labute approximate surface area is 112 Å². The summed E-state index contributed by atoms with van der Waals surface area (Å²) in [6.45, 7) is 0. The van der Waals surface area contributed by atoms with E-state index in [1.807, 2.05) is 6.07 Å². The third-order valence-electron chi connectivity index (χ3n) is 1.89. The van der Waals surface area contributed by atoms with Crippen LogP contribution >= 0.6 is 0 Å². The van der Waals surface area contributed by atoms with E-state index in [0.29, 0.717) is 18.4 Å². The summed E-state index contributed by atoms with van der Waals surface area (Å²) >= 11 is 0. The van der Waals surface area contributed by atoms with Gasteiger partial charge >= 0.3 is 35.5 Å². The number of Topliss-reactive ketones (excluding diaryl/α,β-unsaturated/α-hetero) is 1. The van der Waals surface area contributed by atoms with E-state index in [-0.39, 0.29) is 43.2 Å². The summed E-state index contributed by atoms with van der Waals surface area (Å²) in [5.74, 6) is -0.849. The van der Waals surface area contributed by atoms with E-state index in [1.54, 1.807) is 24.3 Å². The van der Waals surface area contributed by atoms with E-state index in [0.717, 1.165) is 0 Å². The van der Waals surface area contributed by atoms with Gasteiger partial charge in [0.15, 0.2) is 5.78 Å². The zero-order valence-corrected chi connectivity index (χ0v) is 10.8. The van der Waals surface area contributed by atoms with Crippen molar-refractivity contribution in [3.8, 4) is 0 Å². The average Bonchev–Trinajstić information content (AvgIpc) is 2.18. The number of carbonyl (C=O) groups excluding carboxylic acids is 1. The maximum absolute atomic E-state index is 11.4. The van der Waals surface area contributed by atoms with Crippen LogP contribution in [0.25, 0.3) is 0 Å². The van der Waals surface area contributed by atoms with Gasteiger partial charge in [-0.25, -0.2) is 0 Å². The Bertz CT molecular complexity index is 327. The van der Waals surface area contributed by atoms with Gasteiger partial charge in [0.05, 0.1) is 0 Å². The molecule has 76 valence electrons. The van der Waals surface area contributed by atoms with Crippen LogP contribution in [0.4, 0.5) is 0 Å². The van der Waals surface area contributed by atoms with Gasteiger partial charge in [-0.2, -0.15) is 0 Å². The summed E-state index contributed by atoms with van der Waals surface area (Å²) < 4.78 is 0. The second kappa shape index (κ2) is 7.63. The zero-order chi connectivity index (χ0) is 10.4. The number of hydrogen-bond donors (Lipinski definition) is 1. The molecule has 0 aliphatic carbocycles. The van der Waals surface area contributed by atoms with Gasteiger partial charge in [-0.3, -0.25) is 9.59 Å². The Morgan fingerprint density at radius 3 is 2.27 bits per heavy atom. The van der Waals surface area contributed by atoms with Gasteiger partial charge in [-0.15, -0.1) is 0 Å². The number of benzene rings is 1. The molecule has 0 unspecified atom stereocenters. The minimum absolute atomic E-state index is 0. The van der Waals surface area contributed by atoms with Gasteiger partial charge in [0.25, 0.3) is 0 Å². The van der Waals surface area contributed by atoms with Crippen molar-refractivity contribution in [2.24, 2.45) is 0 Å². The molecule has 0 aromatic heterocycles. The predicted octanol–water partition coefficient (Wildman–Crippen LogP) is -0.759. The third-order valence-corrected chi connectivity index (χ3v) is 1.89. The van der Waals surface area contributed by atoms with Crippen molar-refractivity contribution in [2.75, 3.05) is 0 Å². The quantitative estimate of drug-likeness (QED) is 0.520. The molecule has 1 aromatic rings. The van der Waals surface area contributed by atoms with Crippen molar-refractivity contribution in [1.29, 1.82) is 0 Å². The molecule has 0 atom stereocenters. The maximum Gasteiger partial charge on any atom is 1.00 e. The van der Waals surface area contributed by atoms with Gasteiger partial charge in [0, 0.05) is 18.4 Å². The minimum Gasteiger partial charge on any atom is -1.00 e. The van der Waals surface area contributed by atoms with Gasteiger partial charge in [-0.1, -0.05) is 30.3 Å². The molecule has 0 amide bonds. The Morgan fingerprint density at radius 1 is 1.13 bits per heavy atom. The summed E-state index contributed by atoms with van der Waals surface area (Å²) in [5.41, 5.74) is 0.651. The number of rotatable bonds is 5. The molecule has 0 bridgehead atoms. The fourth-order valence-corrected chi connectivity index (χ4v) is 1.17. The van der Waals surface area contributed by atoms with Crippen LogP contribution in [0.1, 0.15) is 31.0 Å². The van der Waals surface area contributed by atoms with E-state index in [2.05, 4.69) is 0 Å². The fourth-order valence-electron chi connectivity index (χ4n) is 1.17. The van der Waals surface area contributed by atoms with Crippen molar-refractivity contribution < 1.29 is 45.7 Å². The summed E-state index contributed by atoms with van der Waals surface area (Å²) in [7, 11) is 0. The largest absolute Gasteiger partial charge is 1.00 e. The smallest absolute Gasteiger partial charge is 1.00 e. The fraction of sp³-hybridized carbons (Fsp3) is 0.273.